The van der Waals surface area contributed by atoms with Crippen molar-refractivity contribution in [2.24, 2.45) is 5.10 Å². The quantitative estimate of drug-likeness (QED) is 0.675. The Kier molecular flexibility index (Phi) is 4.78. The summed E-state index contributed by atoms with van der Waals surface area (Å²) in [7, 11) is 0. The smallest absolute Gasteiger partial charge is 0.293 e. The van der Waals surface area contributed by atoms with Crippen LogP contribution in [0.25, 0.3) is 0 Å². The zero-order valence-electron chi connectivity index (χ0n) is 10.9. The molecule has 0 unspecified atom stereocenters. The molecule has 7 heteroatoms. The van der Waals surface area contributed by atoms with E-state index in [1.807, 2.05) is 24.3 Å². The molecule has 0 aliphatic carbocycles. The Bertz CT molecular complexity index is 675. The number of aromatic amines is 1. The molecule has 0 amide bonds. The number of rotatable bonds is 5. The second-order valence-electron chi connectivity index (χ2n) is 3.99. The van der Waals surface area contributed by atoms with Crippen molar-refractivity contribution in [3.63, 3.8) is 0 Å². The number of hydrogen-bond donors (Lipinski definition) is 1. The van der Waals surface area contributed by atoms with E-state index < -0.39 is 0 Å². The zero-order chi connectivity index (χ0) is 14.4. The van der Waals surface area contributed by atoms with Crippen LogP contribution in [-0.2, 0) is 0 Å². The summed E-state index contributed by atoms with van der Waals surface area (Å²) < 4.78 is 6.70. The van der Waals surface area contributed by atoms with Crippen molar-refractivity contribution in [1.82, 2.24) is 14.9 Å². The molecule has 2 aromatic rings. The molecule has 20 heavy (non-hydrogen) atoms. The first kappa shape index (κ1) is 14.1. The molecule has 1 aromatic carbocycles. The number of hydrogen-bond acceptors (Lipinski definition) is 5. The second-order valence-corrected chi connectivity index (χ2v) is 4.37. The van der Waals surface area contributed by atoms with Crippen molar-refractivity contribution in [3.05, 3.63) is 51.2 Å². The number of nitrogens with one attached hydrogen (secondary N) is 1. The first-order chi connectivity index (χ1) is 9.70. The zero-order valence-corrected chi connectivity index (χ0v) is 11.8. The Hall–Kier alpha value is -2.28. The highest BCUT2D eigenvalue weighted by Crippen LogP contribution is 2.11. The van der Waals surface area contributed by atoms with Crippen LogP contribution in [0.2, 0.25) is 0 Å². The van der Waals surface area contributed by atoms with E-state index in [2.05, 4.69) is 22.2 Å². The van der Waals surface area contributed by atoms with Gasteiger partial charge in [0.1, 0.15) is 11.9 Å². The maximum absolute atomic E-state index is 11.5. The third kappa shape index (κ3) is 3.61. The van der Waals surface area contributed by atoms with Gasteiger partial charge in [0.05, 0.1) is 12.8 Å². The van der Waals surface area contributed by atoms with Crippen molar-refractivity contribution in [2.45, 2.75) is 13.3 Å². The van der Waals surface area contributed by atoms with Crippen LogP contribution in [0.4, 0.5) is 0 Å². The molecule has 0 atom stereocenters. The van der Waals surface area contributed by atoms with Crippen LogP contribution in [0.3, 0.4) is 0 Å². The van der Waals surface area contributed by atoms with Gasteiger partial charge in [-0.15, -0.1) is 0 Å². The minimum atomic E-state index is -0.382. The Balaban J connectivity index is 2.16. The van der Waals surface area contributed by atoms with Gasteiger partial charge >= 0.3 is 0 Å². The number of benzene rings is 1. The lowest BCUT2D eigenvalue weighted by Crippen LogP contribution is -2.18. The summed E-state index contributed by atoms with van der Waals surface area (Å²) in [5.41, 5.74) is 0.458. The van der Waals surface area contributed by atoms with Gasteiger partial charge in [-0.25, -0.2) is 0 Å². The Morgan fingerprint density at radius 3 is 2.85 bits per heavy atom. The summed E-state index contributed by atoms with van der Waals surface area (Å²) in [5.74, 6) is 0.808. The first-order valence-electron chi connectivity index (χ1n) is 6.14. The highest BCUT2D eigenvalue weighted by molar-refractivity contribution is 7.71. The van der Waals surface area contributed by atoms with E-state index in [4.69, 9.17) is 17.0 Å². The highest BCUT2D eigenvalue weighted by atomic mass is 32.1. The molecule has 104 valence electrons. The molecule has 0 fully saturated rings. The molecule has 1 aromatic heterocycles. The van der Waals surface area contributed by atoms with E-state index in [1.165, 1.54) is 0 Å². The van der Waals surface area contributed by atoms with Gasteiger partial charge in [-0.2, -0.15) is 14.9 Å². The maximum Gasteiger partial charge on any atom is 0.293 e. The average Bonchev–Trinajstić information content (AvgIpc) is 2.46. The van der Waals surface area contributed by atoms with Gasteiger partial charge in [0, 0.05) is 0 Å². The summed E-state index contributed by atoms with van der Waals surface area (Å²) in [4.78, 5) is 11.5. The van der Waals surface area contributed by atoms with Crippen LogP contribution < -0.4 is 10.3 Å². The Labute approximate surface area is 120 Å². The Morgan fingerprint density at radius 1 is 1.45 bits per heavy atom. The number of aromatic nitrogens is 3. The lowest BCUT2D eigenvalue weighted by Gasteiger charge is -2.03. The van der Waals surface area contributed by atoms with Crippen LogP contribution in [0.1, 0.15) is 18.9 Å². The van der Waals surface area contributed by atoms with Crippen molar-refractivity contribution in [3.8, 4) is 5.75 Å². The van der Waals surface area contributed by atoms with Gasteiger partial charge in [0.25, 0.3) is 5.56 Å². The fourth-order valence-electron chi connectivity index (χ4n) is 1.45. The fraction of sp³-hybridized carbons (Fsp3) is 0.231. The number of nitrogens with zero attached hydrogens (tertiary/aromatic N) is 3. The van der Waals surface area contributed by atoms with Crippen molar-refractivity contribution in [2.75, 3.05) is 6.61 Å². The molecule has 0 spiro atoms. The molecule has 0 radical (unpaired) electrons. The summed E-state index contributed by atoms with van der Waals surface area (Å²) in [6, 6.07) is 7.42. The Morgan fingerprint density at radius 2 is 2.20 bits per heavy atom. The molecule has 6 nitrogen and oxygen atoms in total. The summed E-state index contributed by atoms with van der Waals surface area (Å²) in [6.07, 6.45) is 3.63. The summed E-state index contributed by atoms with van der Waals surface area (Å²) >= 11 is 4.93. The van der Waals surface area contributed by atoms with Gasteiger partial charge in [0.2, 0.25) is 4.77 Å². The minimum absolute atomic E-state index is 0.150. The van der Waals surface area contributed by atoms with Crippen LogP contribution in [0.15, 0.2) is 40.4 Å². The van der Waals surface area contributed by atoms with E-state index in [9.17, 15) is 4.79 Å². The monoisotopic (exact) mass is 290 g/mol. The minimum Gasteiger partial charge on any atom is -0.494 e. The summed E-state index contributed by atoms with van der Waals surface area (Å²) in [5, 5.41) is 10.1. The van der Waals surface area contributed by atoms with Crippen LogP contribution in [-0.4, -0.2) is 27.7 Å². The SMILES string of the molecule is CCCOc1ccc(/C=N\n2c(=O)cn[nH]c2=S)cc1. The highest BCUT2D eigenvalue weighted by Gasteiger charge is 1.96. The van der Waals surface area contributed by atoms with E-state index in [1.54, 1.807) is 6.21 Å². The fourth-order valence-corrected chi connectivity index (χ4v) is 1.64. The summed E-state index contributed by atoms with van der Waals surface area (Å²) in [6.45, 7) is 2.74. The second kappa shape index (κ2) is 6.76. The number of H-pyrrole nitrogens is 1. The molecule has 0 saturated heterocycles. The van der Waals surface area contributed by atoms with Gasteiger partial charge in [-0.1, -0.05) is 6.92 Å². The van der Waals surface area contributed by atoms with Crippen molar-refractivity contribution < 1.29 is 4.74 Å². The normalized spacial score (nSPS) is 10.8. The third-order valence-electron chi connectivity index (χ3n) is 2.41. The standard InChI is InChI=1S/C13H14N4O2S/c1-2-7-19-11-5-3-10(4-6-11)8-15-17-12(18)9-14-16-13(17)20/h3-6,8-9H,2,7H2,1H3,(H,16,20)/b15-8-. The molecule has 0 aliphatic rings. The van der Waals surface area contributed by atoms with Gasteiger partial charge < -0.3 is 4.74 Å². The lowest BCUT2D eigenvalue weighted by atomic mass is 10.2. The largest absolute Gasteiger partial charge is 0.494 e. The molecular formula is C13H14N4O2S. The molecular weight excluding hydrogens is 276 g/mol. The molecule has 0 saturated carbocycles. The first-order valence-corrected chi connectivity index (χ1v) is 6.55. The van der Waals surface area contributed by atoms with Crippen LogP contribution in [0.5, 0.6) is 5.75 Å². The topological polar surface area (TPSA) is 72.3 Å². The van der Waals surface area contributed by atoms with Gasteiger partial charge in [0.15, 0.2) is 0 Å². The number of ether oxygens (including phenoxy) is 1. The van der Waals surface area contributed by atoms with E-state index in [-0.39, 0.29) is 10.3 Å². The average molecular weight is 290 g/mol. The van der Waals surface area contributed by atoms with Crippen molar-refractivity contribution in [1.29, 1.82) is 0 Å². The van der Waals surface area contributed by atoms with E-state index in [0.717, 1.165) is 28.6 Å². The molecule has 1 N–H and O–H groups in total. The van der Waals surface area contributed by atoms with Crippen LogP contribution >= 0.6 is 12.2 Å². The van der Waals surface area contributed by atoms with Gasteiger partial charge in [-0.3, -0.25) is 9.89 Å². The predicted octanol–water partition coefficient (Wildman–Crippen LogP) is 1.97. The maximum atomic E-state index is 11.5. The molecule has 0 bridgehead atoms. The van der Waals surface area contributed by atoms with Gasteiger partial charge in [-0.05, 0) is 48.5 Å². The molecule has 2 rings (SSSR count). The lowest BCUT2D eigenvalue weighted by molar-refractivity contribution is 0.317. The van der Waals surface area contributed by atoms with Crippen molar-refractivity contribution >= 4 is 18.4 Å². The molecule has 0 aliphatic heterocycles. The third-order valence-corrected chi connectivity index (χ3v) is 2.68. The predicted molar refractivity (Wildman–Crippen MR) is 78.9 cm³/mol. The molecule has 1 heterocycles. The van der Waals surface area contributed by atoms with Crippen LogP contribution in [0, 0.1) is 4.77 Å². The van der Waals surface area contributed by atoms with E-state index >= 15 is 0 Å². The van der Waals surface area contributed by atoms with E-state index in [0.29, 0.717) is 6.61 Å².